The number of halogens is 1. The number of ketones is 1. The zero-order valence-electron chi connectivity index (χ0n) is 10.0. The number of carbonyl (C=O) groups is 1. The van der Waals surface area contributed by atoms with Crippen molar-refractivity contribution in [3.05, 3.63) is 35.1 Å². The van der Waals surface area contributed by atoms with Gasteiger partial charge in [0.25, 0.3) is 0 Å². The molecule has 1 aromatic carbocycles. The van der Waals surface area contributed by atoms with Crippen molar-refractivity contribution in [3.63, 3.8) is 0 Å². The number of hydrogen-bond acceptors (Lipinski definition) is 2. The van der Waals surface area contributed by atoms with E-state index in [1.165, 1.54) is 6.07 Å². The highest BCUT2D eigenvalue weighted by molar-refractivity contribution is 5.96. The lowest BCUT2D eigenvalue weighted by atomic mass is 9.99. The molecule has 0 saturated carbocycles. The molecular weight excluding hydrogens is 219 g/mol. The van der Waals surface area contributed by atoms with Crippen molar-refractivity contribution in [2.45, 2.75) is 38.7 Å². The van der Waals surface area contributed by atoms with E-state index in [1.54, 1.807) is 12.1 Å². The van der Waals surface area contributed by atoms with E-state index < -0.39 is 5.82 Å². The summed E-state index contributed by atoms with van der Waals surface area (Å²) >= 11 is 0. The van der Waals surface area contributed by atoms with E-state index >= 15 is 0 Å². The molecule has 0 radical (unpaired) electrons. The predicted molar refractivity (Wildman–Crippen MR) is 63.7 cm³/mol. The first-order valence-corrected chi connectivity index (χ1v) is 6.08. The zero-order chi connectivity index (χ0) is 12.3. The quantitative estimate of drug-likeness (QED) is 0.753. The van der Waals surface area contributed by atoms with Crippen LogP contribution >= 0.6 is 0 Å². The largest absolute Gasteiger partial charge is 0.378 e. The normalized spacial score (nSPS) is 20.2. The summed E-state index contributed by atoms with van der Waals surface area (Å²) in [6, 6.07) is 4.63. The highest BCUT2D eigenvalue weighted by atomic mass is 19.1. The Bertz CT molecular complexity index is 409. The van der Waals surface area contributed by atoms with Crippen LogP contribution in [0.5, 0.6) is 0 Å². The van der Waals surface area contributed by atoms with Crippen LogP contribution in [0.15, 0.2) is 18.2 Å². The molecule has 1 heterocycles. The monoisotopic (exact) mass is 236 g/mol. The van der Waals surface area contributed by atoms with Gasteiger partial charge < -0.3 is 4.74 Å². The van der Waals surface area contributed by atoms with Gasteiger partial charge in [-0.2, -0.15) is 0 Å². The standard InChI is InChI=1S/C14H17FO2/c1-10-5-6-13(15)12(8-10)14(16)9-11-4-2-3-7-17-11/h5-6,8,11H,2-4,7,9H2,1H3. The van der Waals surface area contributed by atoms with Crippen LogP contribution in [0.4, 0.5) is 4.39 Å². The molecule has 2 nitrogen and oxygen atoms in total. The molecule has 1 aromatic rings. The van der Waals surface area contributed by atoms with Gasteiger partial charge in [0.05, 0.1) is 11.7 Å². The van der Waals surface area contributed by atoms with Crippen LogP contribution < -0.4 is 0 Å². The van der Waals surface area contributed by atoms with Gasteiger partial charge in [-0.3, -0.25) is 4.79 Å². The third kappa shape index (κ3) is 3.13. The van der Waals surface area contributed by atoms with Crippen LogP contribution in [0.2, 0.25) is 0 Å². The van der Waals surface area contributed by atoms with E-state index in [4.69, 9.17) is 4.74 Å². The maximum absolute atomic E-state index is 13.5. The van der Waals surface area contributed by atoms with Crippen LogP contribution in [0.1, 0.15) is 41.6 Å². The molecule has 0 N–H and O–H groups in total. The fourth-order valence-corrected chi connectivity index (χ4v) is 2.14. The third-order valence-corrected chi connectivity index (χ3v) is 3.11. The molecule has 1 fully saturated rings. The predicted octanol–water partition coefficient (Wildman–Crippen LogP) is 3.28. The van der Waals surface area contributed by atoms with Crippen molar-refractivity contribution in [2.24, 2.45) is 0 Å². The summed E-state index contributed by atoms with van der Waals surface area (Å²) in [5.41, 5.74) is 1.10. The van der Waals surface area contributed by atoms with Gasteiger partial charge in [-0.15, -0.1) is 0 Å². The van der Waals surface area contributed by atoms with E-state index in [9.17, 15) is 9.18 Å². The molecule has 1 aliphatic heterocycles. The summed E-state index contributed by atoms with van der Waals surface area (Å²) in [5.74, 6) is -0.588. The lowest BCUT2D eigenvalue weighted by Gasteiger charge is -2.21. The van der Waals surface area contributed by atoms with Gasteiger partial charge >= 0.3 is 0 Å². The minimum Gasteiger partial charge on any atom is -0.378 e. The van der Waals surface area contributed by atoms with Crippen LogP contribution in [0, 0.1) is 12.7 Å². The second-order valence-electron chi connectivity index (χ2n) is 4.60. The number of rotatable bonds is 3. The molecule has 0 bridgehead atoms. The Morgan fingerprint density at radius 2 is 2.29 bits per heavy atom. The highest BCUT2D eigenvalue weighted by Crippen LogP contribution is 2.19. The fraction of sp³-hybridized carbons (Fsp3) is 0.500. The van der Waals surface area contributed by atoms with Gasteiger partial charge in [0.1, 0.15) is 5.82 Å². The number of ether oxygens (including phenoxy) is 1. The van der Waals surface area contributed by atoms with Crippen molar-refractivity contribution in [2.75, 3.05) is 6.61 Å². The molecule has 1 aliphatic rings. The Morgan fingerprint density at radius 1 is 1.47 bits per heavy atom. The SMILES string of the molecule is Cc1ccc(F)c(C(=O)CC2CCCCO2)c1. The lowest BCUT2D eigenvalue weighted by Crippen LogP contribution is -2.22. The van der Waals surface area contributed by atoms with Gasteiger partial charge in [-0.1, -0.05) is 11.6 Å². The van der Waals surface area contributed by atoms with Gasteiger partial charge in [-0.25, -0.2) is 4.39 Å². The molecule has 0 spiro atoms. The molecule has 3 heteroatoms. The Balaban J connectivity index is 2.05. The summed E-state index contributed by atoms with van der Waals surface area (Å²) in [4.78, 5) is 12.0. The van der Waals surface area contributed by atoms with Crippen molar-refractivity contribution in [3.8, 4) is 0 Å². The minimum absolute atomic E-state index is 0.0313. The second-order valence-corrected chi connectivity index (χ2v) is 4.60. The molecular formula is C14H17FO2. The van der Waals surface area contributed by atoms with Crippen LogP contribution in [0.25, 0.3) is 0 Å². The van der Waals surface area contributed by atoms with Crippen LogP contribution in [-0.4, -0.2) is 18.5 Å². The smallest absolute Gasteiger partial charge is 0.168 e. The van der Waals surface area contributed by atoms with Crippen LogP contribution in [-0.2, 0) is 4.74 Å². The Hall–Kier alpha value is -1.22. The molecule has 1 unspecified atom stereocenters. The summed E-state index contributed by atoms with van der Waals surface area (Å²) in [5, 5.41) is 0. The number of Topliss-reactive ketones (excluding diaryl/α,β-unsaturated/α-hetero) is 1. The maximum atomic E-state index is 13.5. The summed E-state index contributed by atoms with van der Waals surface area (Å²) in [7, 11) is 0. The molecule has 0 aromatic heterocycles. The molecule has 0 aliphatic carbocycles. The number of hydrogen-bond donors (Lipinski definition) is 0. The topological polar surface area (TPSA) is 26.3 Å². The van der Waals surface area contributed by atoms with Gasteiger partial charge in [0.2, 0.25) is 0 Å². The van der Waals surface area contributed by atoms with E-state index in [0.717, 1.165) is 24.8 Å². The van der Waals surface area contributed by atoms with E-state index in [2.05, 4.69) is 0 Å². The number of aryl methyl sites for hydroxylation is 1. The van der Waals surface area contributed by atoms with Crippen LogP contribution in [0.3, 0.4) is 0 Å². The maximum Gasteiger partial charge on any atom is 0.168 e. The van der Waals surface area contributed by atoms with E-state index in [1.807, 2.05) is 6.92 Å². The molecule has 92 valence electrons. The Kier molecular flexibility index (Phi) is 3.89. The van der Waals surface area contributed by atoms with Gasteiger partial charge in [0.15, 0.2) is 5.78 Å². The summed E-state index contributed by atoms with van der Waals surface area (Å²) < 4.78 is 19.0. The molecule has 1 saturated heterocycles. The van der Waals surface area contributed by atoms with Crippen molar-refractivity contribution >= 4 is 5.78 Å². The summed E-state index contributed by atoms with van der Waals surface area (Å²) in [6.07, 6.45) is 3.31. The first kappa shape index (κ1) is 12.2. The van der Waals surface area contributed by atoms with Gasteiger partial charge in [0, 0.05) is 13.0 Å². The minimum atomic E-state index is -0.434. The number of carbonyl (C=O) groups excluding carboxylic acids is 1. The molecule has 1 atom stereocenters. The Morgan fingerprint density at radius 3 is 3.00 bits per heavy atom. The fourth-order valence-electron chi connectivity index (χ4n) is 2.14. The van der Waals surface area contributed by atoms with Crippen molar-refractivity contribution in [1.29, 1.82) is 0 Å². The molecule has 17 heavy (non-hydrogen) atoms. The zero-order valence-corrected chi connectivity index (χ0v) is 10.0. The summed E-state index contributed by atoms with van der Waals surface area (Å²) in [6.45, 7) is 2.57. The van der Waals surface area contributed by atoms with Crippen molar-refractivity contribution in [1.82, 2.24) is 0 Å². The van der Waals surface area contributed by atoms with E-state index in [-0.39, 0.29) is 17.5 Å². The number of benzene rings is 1. The third-order valence-electron chi connectivity index (χ3n) is 3.11. The first-order valence-electron chi connectivity index (χ1n) is 6.08. The molecule has 2 rings (SSSR count). The average molecular weight is 236 g/mol. The average Bonchev–Trinajstić information content (AvgIpc) is 2.33. The Labute approximate surface area is 101 Å². The lowest BCUT2D eigenvalue weighted by molar-refractivity contribution is 0.0128. The van der Waals surface area contributed by atoms with E-state index in [0.29, 0.717) is 13.0 Å². The van der Waals surface area contributed by atoms with Gasteiger partial charge in [-0.05, 0) is 38.3 Å². The van der Waals surface area contributed by atoms with Crippen molar-refractivity contribution < 1.29 is 13.9 Å². The first-order chi connectivity index (χ1) is 8.16. The second kappa shape index (κ2) is 5.41. The molecule has 0 amide bonds. The highest BCUT2D eigenvalue weighted by Gasteiger charge is 2.20.